The van der Waals surface area contributed by atoms with Gasteiger partial charge in [-0.15, -0.1) is 0 Å². The summed E-state index contributed by atoms with van der Waals surface area (Å²) in [5, 5.41) is 16.0. The van der Waals surface area contributed by atoms with E-state index in [0.29, 0.717) is 10.7 Å². The summed E-state index contributed by atoms with van der Waals surface area (Å²) in [6.45, 7) is 1.91. The van der Waals surface area contributed by atoms with Gasteiger partial charge < -0.3 is 10.6 Å². The number of benzene rings is 3. The third-order valence-corrected chi connectivity index (χ3v) is 4.87. The molecular formula is C24H20ClN3O. The quantitative estimate of drug-likeness (QED) is 0.431. The largest absolute Gasteiger partial charge is 0.360 e. The van der Waals surface area contributed by atoms with Gasteiger partial charge in [-0.2, -0.15) is 5.26 Å². The normalized spacial score (nSPS) is 11.0. The molecule has 144 valence electrons. The Bertz CT molecular complexity index is 1020. The molecule has 3 rings (SSSR count). The molecule has 0 heterocycles. The number of nitrogens with zero attached hydrogens (tertiary/aromatic N) is 1. The number of hydrogen-bond acceptors (Lipinski definition) is 3. The van der Waals surface area contributed by atoms with E-state index in [1.165, 1.54) is 6.20 Å². The van der Waals surface area contributed by atoms with E-state index in [4.69, 9.17) is 11.6 Å². The Labute approximate surface area is 175 Å². The topological polar surface area (TPSA) is 64.9 Å². The lowest BCUT2D eigenvalue weighted by Crippen LogP contribution is -2.30. The molecule has 3 aromatic carbocycles. The first-order valence-electron chi connectivity index (χ1n) is 9.12. The fraction of sp³-hybridized carbons (Fsp3) is 0.0833. The van der Waals surface area contributed by atoms with Crippen LogP contribution in [0, 0.1) is 18.3 Å². The summed E-state index contributed by atoms with van der Waals surface area (Å²) in [4.78, 5) is 12.8. The molecular weight excluding hydrogens is 382 g/mol. The van der Waals surface area contributed by atoms with Crippen LogP contribution in [0.2, 0.25) is 5.02 Å². The molecule has 29 heavy (non-hydrogen) atoms. The molecule has 0 saturated carbocycles. The van der Waals surface area contributed by atoms with Crippen molar-refractivity contribution in [1.82, 2.24) is 5.32 Å². The first-order chi connectivity index (χ1) is 14.1. The van der Waals surface area contributed by atoms with Crippen molar-refractivity contribution in [2.24, 2.45) is 0 Å². The molecule has 0 saturated heterocycles. The molecule has 0 atom stereocenters. The summed E-state index contributed by atoms with van der Waals surface area (Å²) in [5.41, 5.74) is 3.49. The molecule has 5 heteroatoms. The van der Waals surface area contributed by atoms with Crippen molar-refractivity contribution in [3.05, 3.63) is 112 Å². The molecule has 2 N–H and O–H groups in total. The number of rotatable bonds is 6. The average Bonchev–Trinajstić information content (AvgIpc) is 2.76. The van der Waals surface area contributed by atoms with Gasteiger partial charge in [0.25, 0.3) is 5.91 Å². The minimum Gasteiger partial charge on any atom is -0.360 e. The zero-order chi connectivity index (χ0) is 20.6. The van der Waals surface area contributed by atoms with Gasteiger partial charge in [0.15, 0.2) is 0 Å². The van der Waals surface area contributed by atoms with Gasteiger partial charge in [0.05, 0.1) is 6.04 Å². The van der Waals surface area contributed by atoms with Gasteiger partial charge >= 0.3 is 0 Å². The Kier molecular flexibility index (Phi) is 6.67. The van der Waals surface area contributed by atoms with Crippen LogP contribution in [0.5, 0.6) is 0 Å². The van der Waals surface area contributed by atoms with Crippen molar-refractivity contribution >= 4 is 23.2 Å². The van der Waals surface area contributed by atoms with Crippen LogP contribution in [0.1, 0.15) is 22.7 Å². The molecule has 0 aliphatic heterocycles. The van der Waals surface area contributed by atoms with Gasteiger partial charge in [0.2, 0.25) is 0 Å². The number of nitrogens with one attached hydrogen (secondary N) is 2. The maximum atomic E-state index is 12.8. The van der Waals surface area contributed by atoms with Gasteiger partial charge in [-0.3, -0.25) is 4.79 Å². The van der Waals surface area contributed by atoms with Crippen molar-refractivity contribution in [3.8, 4) is 6.07 Å². The number of carbonyl (C=O) groups is 1. The van der Waals surface area contributed by atoms with E-state index >= 15 is 0 Å². The zero-order valence-corrected chi connectivity index (χ0v) is 16.6. The molecule has 0 aromatic heterocycles. The van der Waals surface area contributed by atoms with Crippen molar-refractivity contribution in [2.75, 3.05) is 5.32 Å². The highest BCUT2D eigenvalue weighted by Gasteiger charge is 2.19. The van der Waals surface area contributed by atoms with Crippen molar-refractivity contribution in [3.63, 3.8) is 0 Å². The standard InChI is InChI=1S/C24H20ClN3O/c1-17-12-13-21(14-22(17)25)27-16-20(15-26)24(29)28-23(18-8-4-2-5-9-18)19-10-6-3-7-11-19/h2-14,16,23,27H,1H3,(H,28,29)/b20-16-. The lowest BCUT2D eigenvalue weighted by molar-refractivity contribution is -0.117. The molecule has 0 bridgehead atoms. The molecule has 0 radical (unpaired) electrons. The Morgan fingerprint density at radius 1 is 1.00 bits per heavy atom. The zero-order valence-electron chi connectivity index (χ0n) is 15.9. The van der Waals surface area contributed by atoms with E-state index in [2.05, 4.69) is 10.6 Å². The highest BCUT2D eigenvalue weighted by Crippen LogP contribution is 2.23. The average molecular weight is 402 g/mol. The van der Waals surface area contributed by atoms with E-state index in [1.807, 2.05) is 85.8 Å². The summed E-state index contributed by atoms with van der Waals surface area (Å²) in [6, 6.07) is 26.3. The summed E-state index contributed by atoms with van der Waals surface area (Å²) < 4.78 is 0. The van der Waals surface area contributed by atoms with E-state index in [-0.39, 0.29) is 11.6 Å². The Balaban J connectivity index is 1.82. The number of nitriles is 1. The second kappa shape index (κ2) is 9.59. The van der Waals surface area contributed by atoms with Crippen molar-refractivity contribution < 1.29 is 4.79 Å². The number of amides is 1. The van der Waals surface area contributed by atoms with Crippen molar-refractivity contribution in [1.29, 1.82) is 5.26 Å². The second-order valence-electron chi connectivity index (χ2n) is 6.51. The second-order valence-corrected chi connectivity index (χ2v) is 6.91. The molecule has 0 aliphatic carbocycles. The fourth-order valence-corrected chi connectivity index (χ4v) is 3.03. The Morgan fingerprint density at radius 3 is 2.10 bits per heavy atom. The summed E-state index contributed by atoms with van der Waals surface area (Å²) >= 11 is 6.13. The van der Waals surface area contributed by atoms with Crippen LogP contribution in [0.4, 0.5) is 5.69 Å². The minimum atomic E-state index is -0.462. The highest BCUT2D eigenvalue weighted by molar-refractivity contribution is 6.31. The molecule has 3 aromatic rings. The molecule has 0 aliphatic rings. The number of anilines is 1. The number of carbonyl (C=O) groups excluding carboxylic acids is 1. The smallest absolute Gasteiger partial charge is 0.264 e. The lowest BCUT2D eigenvalue weighted by Gasteiger charge is -2.19. The SMILES string of the molecule is Cc1ccc(N/C=C(/C#N)C(=O)NC(c2ccccc2)c2ccccc2)cc1Cl. The van der Waals surface area contributed by atoms with Crippen molar-refractivity contribution in [2.45, 2.75) is 13.0 Å². The monoisotopic (exact) mass is 401 g/mol. The van der Waals surface area contributed by atoms with E-state index in [0.717, 1.165) is 16.7 Å². The summed E-state index contributed by atoms with van der Waals surface area (Å²) in [6.07, 6.45) is 1.39. The predicted octanol–water partition coefficient (Wildman–Crippen LogP) is 5.37. The summed E-state index contributed by atoms with van der Waals surface area (Å²) in [5.74, 6) is -0.462. The molecule has 0 fully saturated rings. The molecule has 0 spiro atoms. The number of halogens is 1. The molecule has 4 nitrogen and oxygen atoms in total. The third kappa shape index (κ3) is 5.25. The van der Waals surface area contributed by atoms with Gasteiger partial charge in [0.1, 0.15) is 11.6 Å². The lowest BCUT2D eigenvalue weighted by atomic mass is 9.98. The maximum absolute atomic E-state index is 12.8. The van der Waals surface area contributed by atoms with E-state index in [1.54, 1.807) is 6.07 Å². The van der Waals surface area contributed by atoms with Crippen LogP contribution in [0.15, 0.2) is 90.6 Å². The van der Waals surface area contributed by atoms with Crippen LogP contribution >= 0.6 is 11.6 Å². The van der Waals surface area contributed by atoms with Crippen LogP contribution in [0.3, 0.4) is 0 Å². The number of aryl methyl sites for hydroxylation is 1. The van der Waals surface area contributed by atoms with Gasteiger partial charge in [-0.1, -0.05) is 78.3 Å². The fourth-order valence-electron chi connectivity index (χ4n) is 2.85. The maximum Gasteiger partial charge on any atom is 0.264 e. The first kappa shape index (κ1) is 20.2. The number of hydrogen-bond donors (Lipinski definition) is 2. The minimum absolute atomic E-state index is 0.0291. The predicted molar refractivity (Wildman–Crippen MR) is 116 cm³/mol. The van der Waals surface area contributed by atoms with Crippen LogP contribution in [-0.2, 0) is 4.79 Å². The van der Waals surface area contributed by atoms with E-state index < -0.39 is 5.91 Å². The van der Waals surface area contributed by atoms with Gasteiger partial charge in [-0.05, 0) is 35.7 Å². The van der Waals surface area contributed by atoms with Gasteiger partial charge in [-0.25, -0.2) is 0 Å². The molecule has 0 unspecified atom stereocenters. The third-order valence-electron chi connectivity index (χ3n) is 4.46. The Hall–Kier alpha value is -3.55. The van der Waals surface area contributed by atoms with Gasteiger partial charge in [0, 0.05) is 16.9 Å². The first-order valence-corrected chi connectivity index (χ1v) is 9.50. The summed E-state index contributed by atoms with van der Waals surface area (Å²) in [7, 11) is 0. The highest BCUT2D eigenvalue weighted by atomic mass is 35.5. The molecule has 1 amide bonds. The Morgan fingerprint density at radius 2 is 1.59 bits per heavy atom. The van der Waals surface area contributed by atoms with Crippen LogP contribution < -0.4 is 10.6 Å². The van der Waals surface area contributed by atoms with E-state index in [9.17, 15) is 10.1 Å². The van der Waals surface area contributed by atoms with Crippen LogP contribution in [-0.4, -0.2) is 5.91 Å². The van der Waals surface area contributed by atoms with Crippen LogP contribution in [0.25, 0.3) is 0 Å².